The van der Waals surface area contributed by atoms with Gasteiger partial charge < -0.3 is 19.9 Å². The van der Waals surface area contributed by atoms with Gasteiger partial charge in [-0.2, -0.15) is 0 Å². The molecule has 1 rings (SSSR count). The number of terminal acetylenes is 1. The van der Waals surface area contributed by atoms with Crippen LogP contribution in [-0.2, 0) is 0 Å². The molecule has 1 unspecified atom stereocenters. The molecule has 0 fully saturated rings. The van der Waals surface area contributed by atoms with Gasteiger partial charge in [0, 0.05) is 18.7 Å². The lowest BCUT2D eigenvalue weighted by molar-refractivity contribution is 0.359. The molecule has 0 aliphatic rings. The molecule has 3 N–H and O–H groups in total. The molecule has 0 aliphatic carbocycles. The number of ether oxygens (including phenoxy) is 3. The van der Waals surface area contributed by atoms with E-state index in [2.05, 4.69) is 11.2 Å². The zero-order chi connectivity index (χ0) is 14.3. The average molecular weight is 264 g/mol. The van der Waals surface area contributed by atoms with Gasteiger partial charge in [0.1, 0.15) is 17.2 Å². The van der Waals surface area contributed by atoms with Gasteiger partial charge in [-0.15, -0.1) is 6.42 Å². The predicted molar refractivity (Wildman–Crippen MR) is 74.7 cm³/mol. The van der Waals surface area contributed by atoms with Gasteiger partial charge in [0.25, 0.3) is 0 Å². The van der Waals surface area contributed by atoms with Crippen LogP contribution in [0.25, 0.3) is 0 Å². The Labute approximate surface area is 114 Å². The number of methoxy groups -OCH3 is 3. The van der Waals surface area contributed by atoms with Gasteiger partial charge in [-0.25, -0.2) is 0 Å². The Balaban J connectivity index is 3.25. The minimum atomic E-state index is -0.146. The molecule has 0 radical (unpaired) electrons. The molecule has 1 aromatic carbocycles. The zero-order valence-electron chi connectivity index (χ0n) is 11.5. The molecule has 19 heavy (non-hydrogen) atoms. The van der Waals surface area contributed by atoms with Gasteiger partial charge in [0.15, 0.2) is 0 Å². The topological polar surface area (TPSA) is 65.7 Å². The third kappa shape index (κ3) is 3.53. The minimum Gasteiger partial charge on any atom is -0.496 e. The first-order valence-corrected chi connectivity index (χ1v) is 5.88. The molecular formula is C14H20N2O3. The van der Waals surface area contributed by atoms with E-state index in [4.69, 9.17) is 26.4 Å². The molecule has 1 atom stereocenters. The fraction of sp³-hybridized carbons (Fsp3) is 0.429. The summed E-state index contributed by atoms with van der Waals surface area (Å²) in [5.41, 5.74) is 6.63. The maximum Gasteiger partial charge on any atom is 0.131 e. The quantitative estimate of drug-likeness (QED) is 0.717. The Bertz CT molecular complexity index is 429. The molecular weight excluding hydrogens is 244 g/mol. The van der Waals surface area contributed by atoms with E-state index in [0.29, 0.717) is 30.3 Å². The molecule has 1 aromatic rings. The third-order valence-electron chi connectivity index (χ3n) is 2.79. The molecule has 0 saturated carbocycles. The van der Waals surface area contributed by atoms with Gasteiger partial charge in [-0.05, 0) is 0 Å². The highest BCUT2D eigenvalue weighted by atomic mass is 16.5. The zero-order valence-corrected chi connectivity index (χ0v) is 11.5. The molecule has 0 bridgehead atoms. The lowest BCUT2D eigenvalue weighted by atomic mass is 10.0. The van der Waals surface area contributed by atoms with Crippen molar-refractivity contribution in [2.24, 2.45) is 5.73 Å². The Morgan fingerprint density at radius 2 is 1.79 bits per heavy atom. The Morgan fingerprint density at radius 1 is 1.21 bits per heavy atom. The van der Waals surface area contributed by atoms with Crippen LogP contribution >= 0.6 is 0 Å². The van der Waals surface area contributed by atoms with Crippen molar-refractivity contribution in [2.45, 2.75) is 6.04 Å². The fourth-order valence-corrected chi connectivity index (χ4v) is 1.86. The first-order valence-electron chi connectivity index (χ1n) is 5.88. The maximum atomic E-state index is 5.79. The van der Waals surface area contributed by atoms with E-state index in [1.807, 2.05) is 0 Å². The highest BCUT2D eigenvalue weighted by Gasteiger charge is 2.20. The SMILES string of the molecule is C#CCNC(CN)c1c(OC)cc(OC)cc1OC. The van der Waals surface area contributed by atoms with E-state index in [9.17, 15) is 0 Å². The van der Waals surface area contributed by atoms with Crippen LogP contribution in [0.5, 0.6) is 17.2 Å². The summed E-state index contributed by atoms with van der Waals surface area (Å²) in [6.07, 6.45) is 5.26. The van der Waals surface area contributed by atoms with E-state index in [1.54, 1.807) is 33.5 Å². The largest absolute Gasteiger partial charge is 0.496 e. The van der Waals surface area contributed by atoms with Gasteiger partial charge in [0.2, 0.25) is 0 Å². The third-order valence-corrected chi connectivity index (χ3v) is 2.79. The molecule has 5 nitrogen and oxygen atoms in total. The van der Waals surface area contributed by atoms with E-state index < -0.39 is 0 Å². The smallest absolute Gasteiger partial charge is 0.131 e. The average Bonchev–Trinajstić information content (AvgIpc) is 2.47. The van der Waals surface area contributed by atoms with Gasteiger partial charge in [-0.3, -0.25) is 5.32 Å². The van der Waals surface area contributed by atoms with E-state index in [-0.39, 0.29) is 6.04 Å². The second-order valence-corrected chi connectivity index (χ2v) is 3.82. The summed E-state index contributed by atoms with van der Waals surface area (Å²) in [4.78, 5) is 0. The van der Waals surface area contributed by atoms with E-state index in [0.717, 1.165) is 5.56 Å². The molecule has 5 heteroatoms. The Hall–Kier alpha value is -1.90. The number of benzene rings is 1. The van der Waals surface area contributed by atoms with Crippen molar-refractivity contribution >= 4 is 0 Å². The molecule has 0 spiro atoms. The number of hydrogen-bond acceptors (Lipinski definition) is 5. The van der Waals surface area contributed by atoms with Crippen molar-refractivity contribution in [1.29, 1.82) is 0 Å². The molecule has 0 amide bonds. The van der Waals surface area contributed by atoms with E-state index >= 15 is 0 Å². The van der Waals surface area contributed by atoms with Crippen LogP contribution in [0.15, 0.2) is 12.1 Å². The van der Waals surface area contributed by atoms with Crippen LogP contribution in [0.1, 0.15) is 11.6 Å². The number of nitrogens with two attached hydrogens (primary N) is 1. The number of rotatable bonds is 7. The monoisotopic (exact) mass is 264 g/mol. The highest BCUT2D eigenvalue weighted by molar-refractivity contribution is 5.52. The lowest BCUT2D eigenvalue weighted by Gasteiger charge is -2.22. The van der Waals surface area contributed by atoms with Gasteiger partial charge in [-0.1, -0.05) is 5.92 Å². The molecule has 0 saturated heterocycles. The summed E-state index contributed by atoms with van der Waals surface area (Å²) < 4.78 is 16.0. The van der Waals surface area contributed by atoms with Crippen molar-refractivity contribution in [3.8, 4) is 29.6 Å². The molecule has 0 aliphatic heterocycles. The standard InChI is InChI=1S/C14H20N2O3/c1-5-6-16-11(9-15)14-12(18-3)7-10(17-2)8-13(14)19-4/h1,7-8,11,16H,6,9,15H2,2-4H3. The number of nitrogens with one attached hydrogen (secondary N) is 1. The van der Waals surface area contributed by atoms with Gasteiger partial charge in [0.05, 0.1) is 39.5 Å². The molecule has 104 valence electrons. The minimum absolute atomic E-state index is 0.146. The normalized spacial score (nSPS) is 11.5. The van der Waals surface area contributed by atoms with Crippen molar-refractivity contribution < 1.29 is 14.2 Å². The summed E-state index contributed by atoms with van der Waals surface area (Å²) in [5, 5.41) is 3.16. The first-order chi connectivity index (χ1) is 9.21. The Kier molecular flexibility index (Phi) is 6.00. The number of hydrogen-bond donors (Lipinski definition) is 2. The van der Waals surface area contributed by atoms with Gasteiger partial charge >= 0.3 is 0 Å². The molecule has 0 aromatic heterocycles. The summed E-state index contributed by atoms with van der Waals surface area (Å²) in [5.74, 6) is 4.48. The van der Waals surface area contributed by atoms with Crippen molar-refractivity contribution in [2.75, 3.05) is 34.4 Å². The summed E-state index contributed by atoms with van der Waals surface area (Å²) in [7, 11) is 4.77. The summed E-state index contributed by atoms with van der Waals surface area (Å²) in [6.45, 7) is 0.793. The van der Waals surface area contributed by atoms with Crippen molar-refractivity contribution in [3.05, 3.63) is 17.7 Å². The van der Waals surface area contributed by atoms with Crippen LogP contribution in [0.2, 0.25) is 0 Å². The van der Waals surface area contributed by atoms with Crippen LogP contribution in [0.3, 0.4) is 0 Å². The summed E-state index contributed by atoms with van der Waals surface area (Å²) >= 11 is 0. The molecule has 0 heterocycles. The summed E-state index contributed by atoms with van der Waals surface area (Å²) in [6, 6.07) is 3.43. The fourth-order valence-electron chi connectivity index (χ4n) is 1.86. The first kappa shape index (κ1) is 15.2. The Morgan fingerprint density at radius 3 is 2.16 bits per heavy atom. The van der Waals surface area contributed by atoms with Crippen molar-refractivity contribution in [3.63, 3.8) is 0 Å². The predicted octanol–water partition coefficient (Wildman–Crippen LogP) is 0.935. The highest BCUT2D eigenvalue weighted by Crippen LogP contribution is 2.37. The second-order valence-electron chi connectivity index (χ2n) is 3.82. The van der Waals surface area contributed by atoms with Crippen molar-refractivity contribution in [1.82, 2.24) is 5.32 Å². The lowest BCUT2D eigenvalue weighted by Crippen LogP contribution is -2.29. The van der Waals surface area contributed by atoms with E-state index in [1.165, 1.54) is 0 Å². The second kappa shape index (κ2) is 7.52. The van der Waals surface area contributed by atoms with Crippen LogP contribution in [-0.4, -0.2) is 34.4 Å². The maximum absolute atomic E-state index is 5.79. The van der Waals surface area contributed by atoms with Crippen LogP contribution in [0.4, 0.5) is 0 Å². The van der Waals surface area contributed by atoms with Crippen LogP contribution in [0, 0.1) is 12.3 Å². The van der Waals surface area contributed by atoms with Crippen LogP contribution < -0.4 is 25.3 Å².